The van der Waals surface area contributed by atoms with Gasteiger partial charge in [0.05, 0.1) is 19.8 Å². The number of carbonyl (C=O) groups is 1. The summed E-state index contributed by atoms with van der Waals surface area (Å²) in [6.45, 7) is 1.61. The van der Waals surface area contributed by atoms with Gasteiger partial charge in [-0.1, -0.05) is 12.1 Å². The summed E-state index contributed by atoms with van der Waals surface area (Å²) in [5.74, 6) is -0.405. The van der Waals surface area contributed by atoms with Crippen molar-refractivity contribution in [1.82, 2.24) is 0 Å². The Labute approximate surface area is 113 Å². The monoisotopic (exact) mass is 265 g/mol. The van der Waals surface area contributed by atoms with E-state index in [9.17, 15) is 4.79 Å². The number of methoxy groups -OCH3 is 1. The first-order valence-corrected chi connectivity index (χ1v) is 5.99. The van der Waals surface area contributed by atoms with E-state index in [1.54, 1.807) is 25.3 Å². The average molecular weight is 265 g/mol. The van der Waals surface area contributed by atoms with Crippen molar-refractivity contribution in [3.05, 3.63) is 35.9 Å². The zero-order chi connectivity index (χ0) is 13.9. The lowest BCUT2D eigenvalue weighted by Crippen LogP contribution is -2.10. The van der Waals surface area contributed by atoms with Gasteiger partial charge in [-0.15, -0.1) is 0 Å². The van der Waals surface area contributed by atoms with Crippen molar-refractivity contribution in [2.45, 2.75) is 0 Å². The fourth-order valence-corrected chi connectivity index (χ4v) is 1.32. The van der Waals surface area contributed by atoms with Crippen molar-refractivity contribution in [2.24, 2.45) is 0 Å². The average Bonchev–Trinajstić information content (AvgIpc) is 2.40. The number of nitrogens with two attached hydrogens (primary N) is 1. The van der Waals surface area contributed by atoms with E-state index in [1.165, 1.54) is 6.08 Å². The van der Waals surface area contributed by atoms with E-state index in [-0.39, 0.29) is 6.61 Å². The lowest BCUT2D eigenvalue weighted by atomic mass is 10.2. The first-order chi connectivity index (χ1) is 9.22. The van der Waals surface area contributed by atoms with Gasteiger partial charge in [-0.2, -0.15) is 0 Å². The smallest absolute Gasteiger partial charge is 0.330 e. The van der Waals surface area contributed by atoms with Crippen molar-refractivity contribution >= 4 is 17.7 Å². The highest BCUT2D eigenvalue weighted by molar-refractivity contribution is 5.87. The molecule has 1 aromatic carbocycles. The standard InChI is InChI=1S/C14H19NO4/c1-17-7-8-18-9-10-19-14(16)6-5-12-3-2-4-13(15)11-12/h2-6,11H,7-10,15H2,1H3/b6-5+. The first-order valence-electron chi connectivity index (χ1n) is 5.99. The summed E-state index contributed by atoms with van der Waals surface area (Å²) in [5, 5.41) is 0. The lowest BCUT2D eigenvalue weighted by molar-refractivity contribution is -0.139. The van der Waals surface area contributed by atoms with Crippen LogP contribution in [0.2, 0.25) is 0 Å². The molecule has 0 aliphatic heterocycles. The Kier molecular flexibility index (Phi) is 7.31. The second kappa shape index (κ2) is 9.13. The number of anilines is 1. The molecule has 0 heterocycles. The van der Waals surface area contributed by atoms with Crippen LogP contribution in [0.25, 0.3) is 6.08 Å². The quantitative estimate of drug-likeness (QED) is 0.334. The van der Waals surface area contributed by atoms with Gasteiger partial charge in [0.15, 0.2) is 0 Å². The van der Waals surface area contributed by atoms with Gasteiger partial charge in [0.25, 0.3) is 0 Å². The molecule has 5 heteroatoms. The number of esters is 1. The van der Waals surface area contributed by atoms with Crippen LogP contribution in [0.3, 0.4) is 0 Å². The van der Waals surface area contributed by atoms with Crippen LogP contribution in [0.1, 0.15) is 5.56 Å². The maximum atomic E-state index is 11.4. The molecule has 1 rings (SSSR count). The molecule has 0 aliphatic rings. The predicted molar refractivity (Wildman–Crippen MR) is 73.5 cm³/mol. The maximum absolute atomic E-state index is 11.4. The summed E-state index contributed by atoms with van der Waals surface area (Å²) >= 11 is 0. The Balaban J connectivity index is 2.20. The number of ether oxygens (including phenoxy) is 3. The maximum Gasteiger partial charge on any atom is 0.330 e. The van der Waals surface area contributed by atoms with Crippen LogP contribution in [0.5, 0.6) is 0 Å². The van der Waals surface area contributed by atoms with Gasteiger partial charge in [0, 0.05) is 18.9 Å². The third-order valence-electron chi connectivity index (χ3n) is 2.23. The topological polar surface area (TPSA) is 70.8 Å². The fraction of sp³-hybridized carbons (Fsp3) is 0.357. The summed E-state index contributed by atoms with van der Waals surface area (Å²) < 4.78 is 14.9. The third-order valence-corrected chi connectivity index (χ3v) is 2.23. The molecule has 0 bridgehead atoms. The molecule has 0 unspecified atom stereocenters. The summed E-state index contributed by atoms with van der Waals surface area (Å²) in [4.78, 5) is 11.4. The van der Waals surface area contributed by atoms with E-state index in [0.29, 0.717) is 25.5 Å². The largest absolute Gasteiger partial charge is 0.460 e. The second-order valence-corrected chi connectivity index (χ2v) is 3.78. The van der Waals surface area contributed by atoms with E-state index in [0.717, 1.165) is 5.56 Å². The number of hydrogen-bond donors (Lipinski definition) is 1. The van der Waals surface area contributed by atoms with Crippen LogP contribution in [-0.4, -0.2) is 39.5 Å². The number of hydrogen-bond acceptors (Lipinski definition) is 5. The molecule has 1 aromatic rings. The first kappa shape index (κ1) is 15.2. The van der Waals surface area contributed by atoms with E-state index in [1.807, 2.05) is 12.1 Å². The van der Waals surface area contributed by atoms with Crippen LogP contribution in [0.15, 0.2) is 30.3 Å². The Hall–Kier alpha value is -1.85. The normalized spacial score (nSPS) is 10.8. The molecule has 0 amide bonds. The molecule has 0 spiro atoms. The van der Waals surface area contributed by atoms with Crippen LogP contribution in [0, 0.1) is 0 Å². The van der Waals surface area contributed by atoms with E-state index >= 15 is 0 Å². The van der Waals surface area contributed by atoms with Crippen molar-refractivity contribution < 1.29 is 19.0 Å². The molecule has 19 heavy (non-hydrogen) atoms. The summed E-state index contributed by atoms with van der Waals surface area (Å²) in [7, 11) is 1.60. The van der Waals surface area contributed by atoms with E-state index in [2.05, 4.69) is 0 Å². The van der Waals surface area contributed by atoms with Crippen LogP contribution >= 0.6 is 0 Å². The van der Waals surface area contributed by atoms with E-state index in [4.69, 9.17) is 19.9 Å². The van der Waals surface area contributed by atoms with Gasteiger partial charge in [0.1, 0.15) is 6.61 Å². The summed E-state index contributed by atoms with van der Waals surface area (Å²) in [6, 6.07) is 7.24. The van der Waals surface area contributed by atoms with Crippen LogP contribution in [-0.2, 0) is 19.0 Å². The van der Waals surface area contributed by atoms with E-state index < -0.39 is 5.97 Å². The molecule has 0 aliphatic carbocycles. The molecule has 2 N–H and O–H groups in total. The third kappa shape index (κ3) is 7.23. The van der Waals surface area contributed by atoms with Crippen LogP contribution in [0.4, 0.5) is 5.69 Å². The second-order valence-electron chi connectivity index (χ2n) is 3.78. The van der Waals surface area contributed by atoms with Crippen molar-refractivity contribution in [2.75, 3.05) is 39.3 Å². The zero-order valence-corrected chi connectivity index (χ0v) is 11.0. The molecule has 0 fully saturated rings. The highest BCUT2D eigenvalue weighted by atomic mass is 16.6. The van der Waals surface area contributed by atoms with Gasteiger partial charge in [-0.05, 0) is 23.8 Å². The summed E-state index contributed by atoms with van der Waals surface area (Å²) in [5.41, 5.74) is 7.14. The minimum Gasteiger partial charge on any atom is -0.460 e. The fourth-order valence-electron chi connectivity index (χ4n) is 1.32. The molecule has 0 saturated carbocycles. The number of carbonyl (C=O) groups excluding carboxylic acids is 1. The van der Waals surface area contributed by atoms with Gasteiger partial charge < -0.3 is 19.9 Å². The Bertz CT molecular complexity index is 418. The SMILES string of the molecule is COCCOCCOC(=O)/C=C/c1cccc(N)c1. The summed E-state index contributed by atoms with van der Waals surface area (Å²) in [6.07, 6.45) is 3.02. The van der Waals surface area contributed by atoms with Gasteiger partial charge in [0.2, 0.25) is 0 Å². The Morgan fingerprint density at radius 3 is 2.79 bits per heavy atom. The van der Waals surface area contributed by atoms with Gasteiger partial charge in [-0.25, -0.2) is 4.79 Å². The molecule has 104 valence electrons. The highest BCUT2D eigenvalue weighted by Crippen LogP contribution is 2.08. The Morgan fingerprint density at radius 1 is 1.26 bits per heavy atom. The highest BCUT2D eigenvalue weighted by Gasteiger charge is 1.97. The van der Waals surface area contributed by atoms with Crippen molar-refractivity contribution in [3.63, 3.8) is 0 Å². The van der Waals surface area contributed by atoms with Gasteiger partial charge in [-0.3, -0.25) is 0 Å². The molecule has 0 atom stereocenters. The Morgan fingerprint density at radius 2 is 2.05 bits per heavy atom. The molecular weight excluding hydrogens is 246 g/mol. The lowest BCUT2D eigenvalue weighted by Gasteiger charge is -2.03. The zero-order valence-electron chi connectivity index (χ0n) is 11.0. The minimum atomic E-state index is -0.405. The molecule has 5 nitrogen and oxygen atoms in total. The van der Waals surface area contributed by atoms with Crippen LogP contribution < -0.4 is 5.73 Å². The predicted octanol–water partition coefficient (Wildman–Crippen LogP) is 1.49. The van der Waals surface area contributed by atoms with Gasteiger partial charge >= 0.3 is 5.97 Å². The molecule has 0 saturated heterocycles. The molecule has 0 aromatic heterocycles. The number of benzene rings is 1. The van der Waals surface area contributed by atoms with Crippen molar-refractivity contribution in [3.8, 4) is 0 Å². The minimum absolute atomic E-state index is 0.226. The molecule has 0 radical (unpaired) electrons. The molecular formula is C14H19NO4. The van der Waals surface area contributed by atoms with Crippen molar-refractivity contribution in [1.29, 1.82) is 0 Å². The number of rotatable bonds is 8. The number of nitrogen functional groups attached to an aromatic ring is 1.